The van der Waals surface area contributed by atoms with Crippen molar-refractivity contribution in [3.05, 3.63) is 0 Å². The predicted molar refractivity (Wildman–Crippen MR) is 106 cm³/mol. The smallest absolute Gasteiger partial charge is 0.148 e. The third-order valence-corrected chi connectivity index (χ3v) is 0. The van der Waals surface area contributed by atoms with Crippen molar-refractivity contribution < 1.29 is 209 Å². The number of aliphatic hydroxyl groups excluding tert-OH is 7. The summed E-state index contributed by atoms with van der Waals surface area (Å²) in [5.41, 5.74) is 0. The van der Waals surface area contributed by atoms with Crippen molar-refractivity contribution in [1.82, 2.24) is 0 Å². The molecular weight excluding hydrogens is 879 g/mol. The molecule has 0 atom stereocenters. The molecule has 0 fully saturated rings. The monoisotopic (exact) mass is 932 g/mol. The molecule has 0 aliphatic carbocycles. The van der Waals surface area contributed by atoms with Crippen LogP contribution in [-0.4, -0.2) is 133 Å². The quantitative estimate of drug-likeness (QED) is 0.101. The van der Waals surface area contributed by atoms with Gasteiger partial charge >= 0.3 is 0 Å². The Morgan fingerprint density at radius 2 is 0.273 bits per heavy atom. The van der Waals surface area contributed by atoms with E-state index < -0.39 is 37.7 Å². The minimum Gasteiger partial charge on any atom is -0.412 e. The zero-order chi connectivity index (χ0) is 23.5. The van der Waals surface area contributed by atoms with Crippen molar-refractivity contribution in [2.75, 3.05) is 7.11 Å². The van der Waals surface area contributed by atoms with Gasteiger partial charge in [0.15, 0.2) is 0 Å². The summed E-state index contributed by atoms with van der Waals surface area (Å²) < 4.78 is 0. The summed E-state index contributed by atoms with van der Waals surface area (Å²) in [6.07, 6.45) is -7.00. The predicted octanol–water partition coefficient (Wildman–Crippen LogP) is -7.79. The van der Waals surface area contributed by atoms with Crippen LogP contribution in [0, 0.1) is 121 Å². The average molecular weight is 928 g/mol. The molecule has 0 saturated carbocycles. The van der Waals surface area contributed by atoms with Crippen LogP contribution in [0.3, 0.4) is 0 Å². The second-order valence-electron chi connectivity index (χ2n) is 3.79. The molecule has 0 aliphatic rings. The van der Waals surface area contributed by atoms with Gasteiger partial charge in [-0.05, 0) is 41.5 Å². The average Bonchev–Trinajstić information content (AvgIpc) is 2.25. The summed E-state index contributed by atoms with van der Waals surface area (Å²) in [6.45, 7) is 7.67. The van der Waals surface area contributed by atoms with Crippen LogP contribution in [0.4, 0.5) is 0 Å². The molecule has 0 amide bonds. The minimum absolute atomic E-state index is 0. The second kappa shape index (κ2) is 91.5. The summed E-state index contributed by atoms with van der Waals surface area (Å²) in [6, 6.07) is 0. The van der Waals surface area contributed by atoms with Gasteiger partial charge in [0.25, 0.3) is 0 Å². The third-order valence-electron chi connectivity index (χ3n) is 0. The maximum Gasteiger partial charge on any atom is 0.148 e. The molecule has 0 bridgehead atoms. The minimum atomic E-state index is -1.17. The zero-order valence-corrected chi connectivity index (χ0v) is 27.4. The van der Waals surface area contributed by atoms with Gasteiger partial charge in [-0.15, -0.1) is 0 Å². The first-order chi connectivity index (χ1) is 11.4. The SMILES string of the molecule is CC(O)O.CC(O)O.CC(O)O.CC(O)O.CC(O)O.CC(O)O.CO.O.O.O.O.[Sm].[Sm].[Sm]. The normalized spacial score (nSPS) is 6.73. The van der Waals surface area contributed by atoms with Crippen molar-refractivity contribution in [2.45, 2.75) is 79.3 Å². The third kappa shape index (κ3) is 3530. The first-order valence-electron chi connectivity index (χ1n) is 7.01. The summed E-state index contributed by atoms with van der Waals surface area (Å²) in [4.78, 5) is 0. The molecule has 0 unspecified atom stereocenters. The van der Waals surface area contributed by atoms with E-state index in [2.05, 4.69) is 0 Å². The van der Waals surface area contributed by atoms with Gasteiger partial charge in [-0.2, -0.15) is 0 Å². The van der Waals surface area contributed by atoms with Crippen molar-refractivity contribution in [3.63, 3.8) is 0 Å². The molecule has 0 saturated heterocycles. The molecule has 21 N–H and O–H groups in total. The molecule has 220 valence electrons. The van der Waals surface area contributed by atoms with Crippen LogP contribution in [0.5, 0.6) is 0 Å². The molecular formula is C13H48O17Sm3. The Labute approximate surface area is 291 Å². The van der Waals surface area contributed by atoms with Crippen LogP contribution in [0.25, 0.3) is 0 Å². The van der Waals surface area contributed by atoms with Crippen molar-refractivity contribution >= 4 is 0 Å². The first-order valence-corrected chi connectivity index (χ1v) is 7.01. The fourth-order valence-electron chi connectivity index (χ4n) is 0. The Balaban J connectivity index is -0.0000000103. The number of hydrogen-bond donors (Lipinski definition) is 13. The van der Waals surface area contributed by atoms with Crippen LogP contribution < -0.4 is 0 Å². The van der Waals surface area contributed by atoms with Gasteiger partial charge in [-0.25, -0.2) is 0 Å². The molecule has 0 aromatic rings. The fraction of sp³-hybridized carbons (Fsp3) is 1.00. The van der Waals surface area contributed by atoms with E-state index in [4.69, 9.17) is 66.4 Å². The van der Waals surface area contributed by atoms with Crippen molar-refractivity contribution in [2.24, 2.45) is 0 Å². The van der Waals surface area contributed by atoms with Gasteiger partial charge in [-0.3, -0.25) is 0 Å². The van der Waals surface area contributed by atoms with Crippen LogP contribution in [0.15, 0.2) is 0 Å². The van der Waals surface area contributed by atoms with E-state index in [0.29, 0.717) is 0 Å². The maximum absolute atomic E-state index is 7.61. The summed E-state index contributed by atoms with van der Waals surface area (Å²) in [5, 5.41) is 98.3. The van der Waals surface area contributed by atoms with Gasteiger partial charge in [0.2, 0.25) is 0 Å². The first kappa shape index (κ1) is 90.9. The summed E-state index contributed by atoms with van der Waals surface area (Å²) in [7, 11) is 1.00. The van der Waals surface area contributed by atoms with E-state index >= 15 is 0 Å². The van der Waals surface area contributed by atoms with Gasteiger partial charge in [-0.1, -0.05) is 0 Å². The van der Waals surface area contributed by atoms with E-state index in [1.165, 1.54) is 41.5 Å². The van der Waals surface area contributed by atoms with Gasteiger partial charge in [0, 0.05) is 128 Å². The topological polar surface area (TPSA) is 389 Å². The Kier molecular flexibility index (Phi) is 252. The molecule has 0 spiro atoms. The zero-order valence-electron chi connectivity index (χ0n) is 19.5. The van der Waals surface area contributed by atoms with E-state index in [9.17, 15) is 0 Å². The Bertz CT molecular complexity index is 119. The second-order valence-corrected chi connectivity index (χ2v) is 3.79. The summed E-state index contributed by atoms with van der Waals surface area (Å²) in [5.74, 6) is 0. The largest absolute Gasteiger partial charge is 0.412 e. The Morgan fingerprint density at radius 1 is 0.273 bits per heavy atom. The fourth-order valence-corrected chi connectivity index (χ4v) is 0. The molecule has 0 aromatic carbocycles. The Morgan fingerprint density at radius 3 is 0.273 bits per heavy atom. The molecule has 33 heavy (non-hydrogen) atoms. The van der Waals surface area contributed by atoms with Gasteiger partial charge in [0.1, 0.15) is 37.7 Å². The van der Waals surface area contributed by atoms with Crippen molar-refractivity contribution in [3.8, 4) is 0 Å². The molecule has 0 aliphatic heterocycles. The standard InChI is InChI=1S/6C2H6O2.CH4O.4H2O.3Sm/c6*1-2(3)4;1-2;;;;;;;/h6*2-4H,1H3;2H,1H3;4*1H2;;;. The van der Waals surface area contributed by atoms with E-state index in [-0.39, 0.29) is 143 Å². The number of hydrogen-bond acceptors (Lipinski definition) is 13. The maximum atomic E-state index is 7.61. The molecule has 0 radical (unpaired) electrons. The van der Waals surface area contributed by atoms with Crippen LogP contribution >= 0.6 is 0 Å². The van der Waals surface area contributed by atoms with Gasteiger partial charge < -0.3 is 88.3 Å². The summed E-state index contributed by atoms with van der Waals surface area (Å²) >= 11 is 0. The molecule has 0 rings (SSSR count). The number of aliphatic hydroxyl groups is 13. The molecule has 0 heterocycles. The van der Waals surface area contributed by atoms with Crippen LogP contribution in [-0.2, 0) is 0 Å². The van der Waals surface area contributed by atoms with Gasteiger partial charge in [0.05, 0.1) is 0 Å². The van der Waals surface area contributed by atoms with Crippen LogP contribution in [0.2, 0.25) is 0 Å². The van der Waals surface area contributed by atoms with E-state index in [1.807, 2.05) is 0 Å². The van der Waals surface area contributed by atoms with Crippen LogP contribution in [0.1, 0.15) is 41.5 Å². The Hall–Kier alpha value is 3.33. The van der Waals surface area contributed by atoms with Crippen molar-refractivity contribution in [1.29, 1.82) is 0 Å². The van der Waals surface area contributed by atoms with E-state index in [0.717, 1.165) is 7.11 Å². The molecule has 0 aromatic heterocycles. The van der Waals surface area contributed by atoms with E-state index in [1.54, 1.807) is 0 Å². The number of rotatable bonds is 0. The molecule has 20 heteroatoms. The molecule has 17 nitrogen and oxygen atoms in total.